The highest BCUT2D eigenvalue weighted by Crippen LogP contribution is 2.38. The van der Waals surface area contributed by atoms with Crippen LogP contribution in [0.2, 0.25) is 0 Å². The average molecular weight is 760 g/mol. The fraction of sp³-hybridized carbons (Fsp3) is 0.930. The molecule has 52 heavy (non-hydrogen) atoms. The molecule has 0 radical (unpaired) electrons. The summed E-state index contributed by atoms with van der Waals surface area (Å²) in [4.78, 5) is 24.9. The maximum atomic E-state index is 12.6. The fourth-order valence-electron chi connectivity index (χ4n) is 6.13. The van der Waals surface area contributed by atoms with Gasteiger partial charge in [0.05, 0.1) is 34.4 Å². The number of nitrogens with zero attached hydrogens (tertiary/aromatic N) is 1. The van der Waals surface area contributed by atoms with E-state index < -0.39 is 13.9 Å². The lowest BCUT2D eigenvalue weighted by Crippen LogP contribution is -2.37. The van der Waals surface area contributed by atoms with Crippen LogP contribution in [0.5, 0.6) is 0 Å². The smallest absolute Gasteiger partial charge is 0.306 e. The summed E-state index contributed by atoms with van der Waals surface area (Å²) >= 11 is 0. The van der Waals surface area contributed by atoms with E-state index in [-0.39, 0.29) is 25.8 Å². The normalized spacial score (nSPS) is 13.9. The maximum absolute atomic E-state index is 12.6. The number of likely N-dealkylation sites (N-methyl/N-ethyl adjacent to an activating group) is 1. The number of hydrogen-bond donors (Lipinski definition) is 0. The molecule has 0 saturated heterocycles. The van der Waals surface area contributed by atoms with Gasteiger partial charge >= 0.3 is 5.97 Å². The van der Waals surface area contributed by atoms with Crippen molar-refractivity contribution in [2.45, 2.75) is 206 Å². The Hall–Kier alpha value is -0.760. The number of quaternary nitrogens is 1. The van der Waals surface area contributed by atoms with Gasteiger partial charge in [-0.3, -0.25) is 9.36 Å². The van der Waals surface area contributed by atoms with E-state index >= 15 is 0 Å². The zero-order chi connectivity index (χ0) is 38.4. The van der Waals surface area contributed by atoms with Gasteiger partial charge in [0.15, 0.2) is 0 Å². The molecule has 0 saturated carbocycles. The summed E-state index contributed by atoms with van der Waals surface area (Å²) < 4.78 is 34.5. The third-order valence-electron chi connectivity index (χ3n) is 9.57. The molecule has 0 rings (SSSR count). The van der Waals surface area contributed by atoms with Crippen LogP contribution in [0.4, 0.5) is 0 Å². The van der Waals surface area contributed by atoms with Crippen LogP contribution in [0, 0.1) is 0 Å². The Morgan fingerprint density at radius 2 is 1.00 bits per heavy atom. The number of carbonyl (C=O) groups excluding carboxylic acids is 1. The van der Waals surface area contributed by atoms with Crippen LogP contribution in [0.25, 0.3) is 0 Å². The molecule has 0 aliphatic heterocycles. The van der Waals surface area contributed by atoms with Crippen molar-refractivity contribution >= 4 is 13.8 Å². The lowest BCUT2D eigenvalue weighted by molar-refractivity contribution is -0.870. The van der Waals surface area contributed by atoms with E-state index in [1.165, 1.54) is 148 Å². The molecular weight excluding hydrogens is 673 g/mol. The zero-order valence-electron chi connectivity index (χ0n) is 35.0. The largest absolute Gasteiger partial charge is 0.756 e. The Morgan fingerprint density at radius 3 is 1.46 bits per heavy atom. The molecule has 0 amide bonds. The van der Waals surface area contributed by atoms with Crippen LogP contribution in [0.15, 0.2) is 12.2 Å². The first-order valence-corrected chi connectivity index (χ1v) is 23.4. The predicted molar refractivity (Wildman–Crippen MR) is 217 cm³/mol. The number of carbonyl (C=O) groups is 1. The predicted octanol–water partition coefficient (Wildman–Crippen LogP) is 12.0. The molecule has 0 heterocycles. The topological polar surface area (TPSA) is 94.1 Å². The van der Waals surface area contributed by atoms with Gasteiger partial charge < -0.3 is 27.9 Å². The first-order chi connectivity index (χ1) is 25.1. The first kappa shape index (κ1) is 51.2. The van der Waals surface area contributed by atoms with E-state index in [2.05, 4.69) is 26.0 Å². The Bertz CT molecular complexity index is 848. The molecule has 0 N–H and O–H groups in total. The van der Waals surface area contributed by atoms with E-state index in [0.717, 1.165) is 32.1 Å². The molecule has 2 unspecified atom stereocenters. The van der Waals surface area contributed by atoms with E-state index in [4.69, 9.17) is 18.5 Å². The summed E-state index contributed by atoms with van der Waals surface area (Å²) in [6.45, 7) is 5.40. The highest BCUT2D eigenvalue weighted by Gasteiger charge is 2.20. The number of esters is 1. The first-order valence-electron chi connectivity index (χ1n) is 21.9. The zero-order valence-corrected chi connectivity index (χ0v) is 35.9. The van der Waals surface area contributed by atoms with Gasteiger partial charge in [0.25, 0.3) is 7.82 Å². The quantitative estimate of drug-likeness (QED) is 0.0201. The number of unbranched alkanes of at least 4 members (excludes halogenated alkanes) is 25. The average Bonchev–Trinajstić information content (AvgIpc) is 3.09. The molecule has 310 valence electrons. The van der Waals surface area contributed by atoms with Crippen molar-refractivity contribution < 1.29 is 37.3 Å². The highest BCUT2D eigenvalue weighted by molar-refractivity contribution is 7.45. The molecular formula is C43H86NO7P. The maximum Gasteiger partial charge on any atom is 0.306 e. The van der Waals surface area contributed by atoms with Crippen LogP contribution >= 0.6 is 7.82 Å². The molecule has 0 aliphatic rings. The monoisotopic (exact) mass is 760 g/mol. The fourth-order valence-corrected chi connectivity index (χ4v) is 6.86. The lowest BCUT2D eigenvalue weighted by Gasteiger charge is -2.28. The molecule has 0 aromatic carbocycles. The van der Waals surface area contributed by atoms with E-state index in [9.17, 15) is 14.3 Å². The molecule has 0 spiro atoms. The standard InChI is InChI=1S/C43H86NO7P/c1-6-8-10-12-14-16-17-18-19-20-21-22-23-24-25-26-27-28-29-31-33-35-38-48-40-42(41-50-52(46,47)49-39-37-44(3,4)5)51-43(45)36-34-32-30-15-13-11-9-7-2/h20-21,42H,6-19,22-41H2,1-5H3/b21-20-. The summed E-state index contributed by atoms with van der Waals surface area (Å²) in [5.74, 6) is -0.337. The Balaban J connectivity index is 4.04. The van der Waals surface area contributed by atoms with Crippen molar-refractivity contribution in [1.82, 2.24) is 0 Å². The summed E-state index contributed by atoms with van der Waals surface area (Å²) in [6, 6.07) is 0. The molecule has 8 nitrogen and oxygen atoms in total. The highest BCUT2D eigenvalue weighted by atomic mass is 31.2. The number of rotatable bonds is 41. The Labute approximate surface area is 322 Å². The van der Waals surface area contributed by atoms with Gasteiger partial charge in [-0.05, 0) is 38.5 Å². The van der Waals surface area contributed by atoms with E-state index in [0.29, 0.717) is 24.1 Å². The number of phosphoric acid groups is 1. The summed E-state index contributed by atoms with van der Waals surface area (Å²) in [5.41, 5.74) is 0. The van der Waals surface area contributed by atoms with Gasteiger partial charge in [-0.15, -0.1) is 0 Å². The van der Waals surface area contributed by atoms with Gasteiger partial charge in [-0.1, -0.05) is 167 Å². The van der Waals surface area contributed by atoms with Gasteiger partial charge in [-0.25, -0.2) is 0 Å². The second-order valence-corrected chi connectivity index (χ2v) is 17.5. The molecule has 0 fully saturated rings. The number of allylic oxidation sites excluding steroid dienone is 2. The minimum absolute atomic E-state index is 0.0288. The lowest BCUT2D eigenvalue weighted by atomic mass is 10.1. The Kier molecular flexibility index (Phi) is 36.6. The summed E-state index contributed by atoms with van der Waals surface area (Å²) in [5, 5.41) is 0. The SMILES string of the molecule is CCCCCCCCCC/C=C\CCCCCCCCCCCCOCC(COP(=O)([O-])OCC[N+](C)(C)C)OC(=O)CCCCCCCCCC. The van der Waals surface area contributed by atoms with Crippen molar-refractivity contribution in [2.24, 2.45) is 0 Å². The second-order valence-electron chi connectivity index (χ2n) is 16.1. The van der Waals surface area contributed by atoms with Crippen LogP contribution in [-0.2, 0) is 27.9 Å². The van der Waals surface area contributed by atoms with Crippen molar-refractivity contribution in [2.75, 3.05) is 54.1 Å². The minimum atomic E-state index is -4.51. The third-order valence-corrected chi connectivity index (χ3v) is 10.5. The van der Waals surface area contributed by atoms with Gasteiger partial charge in [0, 0.05) is 13.0 Å². The van der Waals surface area contributed by atoms with Gasteiger partial charge in [-0.2, -0.15) is 0 Å². The molecule has 0 bridgehead atoms. The Morgan fingerprint density at radius 1 is 0.577 bits per heavy atom. The second kappa shape index (κ2) is 37.2. The summed E-state index contributed by atoms with van der Waals surface area (Å²) in [6.07, 6.45) is 39.5. The van der Waals surface area contributed by atoms with Crippen LogP contribution in [-0.4, -0.2) is 70.7 Å². The molecule has 9 heteroatoms. The van der Waals surface area contributed by atoms with Gasteiger partial charge in [0.2, 0.25) is 0 Å². The van der Waals surface area contributed by atoms with Crippen molar-refractivity contribution in [3.8, 4) is 0 Å². The van der Waals surface area contributed by atoms with Crippen molar-refractivity contribution in [3.05, 3.63) is 12.2 Å². The molecule has 0 aromatic heterocycles. The minimum Gasteiger partial charge on any atom is -0.756 e. The van der Waals surface area contributed by atoms with E-state index in [1.54, 1.807) is 0 Å². The molecule has 2 atom stereocenters. The van der Waals surface area contributed by atoms with Crippen LogP contribution in [0.3, 0.4) is 0 Å². The third kappa shape index (κ3) is 40.4. The van der Waals surface area contributed by atoms with Crippen molar-refractivity contribution in [3.63, 3.8) is 0 Å². The van der Waals surface area contributed by atoms with Crippen LogP contribution < -0.4 is 4.89 Å². The number of ether oxygens (including phenoxy) is 2. The number of phosphoric ester groups is 1. The molecule has 0 aliphatic carbocycles. The van der Waals surface area contributed by atoms with Gasteiger partial charge in [0.1, 0.15) is 19.3 Å². The van der Waals surface area contributed by atoms with E-state index in [1.807, 2.05) is 21.1 Å². The summed E-state index contributed by atoms with van der Waals surface area (Å²) in [7, 11) is 1.36. The van der Waals surface area contributed by atoms with Crippen molar-refractivity contribution in [1.29, 1.82) is 0 Å². The molecule has 0 aromatic rings. The number of hydrogen-bond acceptors (Lipinski definition) is 7. The van der Waals surface area contributed by atoms with Crippen LogP contribution in [0.1, 0.15) is 200 Å².